The molecular formula is C16H16ClN. The van der Waals surface area contributed by atoms with E-state index in [-0.39, 0.29) is 0 Å². The van der Waals surface area contributed by atoms with E-state index in [4.69, 9.17) is 11.6 Å². The van der Waals surface area contributed by atoms with Crippen molar-refractivity contribution in [2.75, 3.05) is 6.54 Å². The average Bonchev–Trinajstić information content (AvgIpc) is 2.37. The molecule has 1 heterocycles. The highest BCUT2D eigenvalue weighted by atomic mass is 35.5. The molecule has 2 aromatic carbocycles. The predicted molar refractivity (Wildman–Crippen MR) is 77.0 cm³/mol. The largest absolute Gasteiger partial charge is 0.312 e. The van der Waals surface area contributed by atoms with Crippen LogP contribution < -0.4 is 5.32 Å². The van der Waals surface area contributed by atoms with Gasteiger partial charge in [-0.1, -0.05) is 41.4 Å². The second-order valence-electron chi connectivity index (χ2n) is 4.89. The van der Waals surface area contributed by atoms with Crippen LogP contribution >= 0.6 is 11.6 Å². The van der Waals surface area contributed by atoms with E-state index in [1.54, 1.807) is 0 Å². The van der Waals surface area contributed by atoms with Gasteiger partial charge < -0.3 is 5.32 Å². The molecule has 0 saturated heterocycles. The standard InChI is InChI=1S/C16H16ClN/c1-11-7-13-10-18-6-5-15(13)16(8-11)12-3-2-4-14(17)9-12/h2-4,7-9,18H,5-6,10H2,1H3. The molecule has 0 saturated carbocycles. The molecule has 18 heavy (non-hydrogen) atoms. The van der Waals surface area contributed by atoms with Crippen molar-refractivity contribution in [1.82, 2.24) is 5.32 Å². The number of halogens is 1. The van der Waals surface area contributed by atoms with Gasteiger partial charge in [0.2, 0.25) is 0 Å². The smallest absolute Gasteiger partial charge is 0.0412 e. The SMILES string of the molecule is Cc1cc2c(c(-c3cccc(Cl)c3)c1)CCNC2. The number of hydrogen-bond donors (Lipinski definition) is 1. The number of benzene rings is 2. The van der Waals surface area contributed by atoms with Gasteiger partial charge >= 0.3 is 0 Å². The first-order valence-corrected chi connectivity index (χ1v) is 6.71. The predicted octanol–water partition coefficient (Wildman–Crippen LogP) is 3.96. The third kappa shape index (κ3) is 2.16. The number of fused-ring (bicyclic) bond motifs is 1. The lowest BCUT2D eigenvalue weighted by atomic mass is 9.89. The maximum Gasteiger partial charge on any atom is 0.0412 e. The van der Waals surface area contributed by atoms with Crippen molar-refractivity contribution in [3.63, 3.8) is 0 Å². The number of aryl methyl sites for hydroxylation is 1. The summed E-state index contributed by atoms with van der Waals surface area (Å²) >= 11 is 6.11. The minimum absolute atomic E-state index is 0.802. The van der Waals surface area contributed by atoms with E-state index in [0.29, 0.717) is 0 Å². The van der Waals surface area contributed by atoms with Gasteiger partial charge in [0.05, 0.1) is 0 Å². The highest BCUT2D eigenvalue weighted by Gasteiger charge is 2.14. The van der Waals surface area contributed by atoms with Crippen molar-refractivity contribution >= 4 is 11.6 Å². The summed E-state index contributed by atoms with van der Waals surface area (Å²) in [7, 11) is 0. The summed E-state index contributed by atoms with van der Waals surface area (Å²) in [5.41, 5.74) is 6.78. The molecule has 1 aliphatic heterocycles. The molecule has 0 radical (unpaired) electrons. The lowest BCUT2D eigenvalue weighted by Gasteiger charge is -2.21. The summed E-state index contributed by atoms with van der Waals surface area (Å²) in [6.45, 7) is 4.19. The van der Waals surface area contributed by atoms with Crippen LogP contribution in [-0.4, -0.2) is 6.54 Å². The molecule has 0 bridgehead atoms. The first-order valence-electron chi connectivity index (χ1n) is 6.33. The fraction of sp³-hybridized carbons (Fsp3) is 0.250. The van der Waals surface area contributed by atoms with Crippen molar-refractivity contribution in [1.29, 1.82) is 0 Å². The van der Waals surface area contributed by atoms with Gasteiger partial charge in [0.25, 0.3) is 0 Å². The molecule has 0 amide bonds. The van der Waals surface area contributed by atoms with Gasteiger partial charge in [-0.25, -0.2) is 0 Å². The monoisotopic (exact) mass is 257 g/mol. The number of rotatable bonds is 1. The van der Waals surface area contributed by atoms with E-state index < -0.39 is 0 Å². The Labute approximate surface area is 113 Å². The topological polar surface area (TPSA) is 12.0 Å². The molecule has 0 spiro atoms. The van der Waals surface area contributed by atoms with E-state index in [2.05, 4.69) is 36.5 Å². The maximum atomic E-state index is 6.11. The van der Waals surface area contributed by atoms with Crippen molar-refractivity contribution < 1.29 is 0 Å². The Morgan fingerprint density at radius 2 is 2.06 bits per heavy atom. The second kappa shape index (κ2) is 4.75. The number of hydrogen-bond acceptors (Lipinski definition) is 1. The Hall–Kier alpha value is -1.31. The number of nitrogens with one attached hydrogen (secondary N) is 1. The van der Waals surface area contributed by atoms with E-state index in [1.807, 2.05) is 12.1 Å². The normalized spacial score (nSPS) is 14.3. The van der Waals surface area contributed by atoms with Crippen LogP contribution in [0.5, 0.6) is 0 Å². The van der Waals surface area contributed by atoms with Crippen LogP contribution in [0.4, 0.5) is 0 Å². The fourth-order valence-electron chi connectivity index (χ4n) is 2.69. The average molecular weight is 258 g/mol. The molecule has 2 heteroatoms. The van der Waals surface area contributed by atoms with Crippen LogP contribution in [-0.2, 0) is 13.0 Å². The van der Waals surface area contributed by atoms with Gasteiger partial charge in [0.1, 0.15) is 0 Å². The summed E-state index contributed by atoms with van der Waals surface area (Å²) in [5.74, 6) is 0. The zero-order chi connectivity index (χ0) is 12.5. The fourth-order valence-corrected chi connectivity index (χ4v) is 2.88. The first-order chi connectivity index (χ1) is 8.74. The minimum atomic E-state index is 0.802. The second-order valence-corrected chi connectivity index (χ2v) is 5.32. The lowest BCUT2D eigenvalue weighted by molar-refractivity contribution is 0.644. The van der Waals surface area contributed by atoms with Gasteiger partial charge in [0.15, 0.2) is 0 Å². The van der Waals surface area contributed by atoms with Gasteiger partial charge in [-0.05, 0) is 54.3 Å². The van der Waals surface area contributed by atoms with Gasteiger partial charge in [-0.3, -0.25) is 0 Å². The molecule has 0 unspecified atom stereocenters. The zero-order valence-electron chi connectivity index (χ0n) is 10.5. The Kier molecular flexibility index (Phi) is 3.11. The van der Waals surface area contributed by atoms with Crippen molar-refractivity contribution in [2.45, 2.75) is 19.9 Å². The third-order valence-corrected chi connectivity index (χ3v) is 3.72. The van der Waals surface area contributed by atoms with Crippen LogP contribution in [0.3, 0.4) is 0 Å². The van der Waals surface area contributed by atoms with Crippen molar-refractivity contribution in [3.05, 3.63) is 58.1 Å². The Bertz CT molecular complexity index is 590. The molecule has 0 aliphatic carbocycles. The Morgan fingerprint density at radius 1 is 1.17 bits per heavy atom. The van der Waals surface area contributed by atoms with Gasteiger partial charge in [-0.2, -0.15) is 0 Å². The molecule has 3 rings (SSSR count). The zero-order valence-corrected chi connectivity index (χ0v) is 11.2. The Balaban J connectivity index is 2.19. The summed E-state index contributed by atoms with van der Waals surface area (Å²) in [5, 5.41) is 4.23. The van der Waals surface area contributed by atoms with E-state index in [0.717, 1.165) is 24.5 Å². The quantitative estimate of drug-likeness (QED) is 0.815. The summed E-state index contributed by atoms with van der Waals surface area (Å²) in [6, 6.07) is 12.7. The van der Waals surface area contributed by atoms with Crippen LogP contribution in [0, 0.1) is 6.92 Å². The molecule has 2 aromatic rings. The first kappa shape index (κ1) is 11.8. The van der Waals surface area contributed by atoms with E-state index in [9.17, 15) is 0 Å². The van der Waals surface area contributed by atoms with Crippen molar-refractivity contribution in [3.8, 4) is 11.1 Å². The molecule has 1 N–H and O–H groups in total. The molecule has 0 atom stereocenters. The summed E-state index contributed by atoms with van der Waals surface area (Å²) < 4.78 is 0. The van der Waals surface area contributed by atoms with Crippen LogP contribution in [0.15, 0.2) is 36.4 Å². The summed E-state index contributed by atoms with van der Waals surface area (Å²) in [4.78, 5) is 0. The van der Waals surface area contributed by atoms with Crippen molar-refractivity contribution in [2.24, 2.45) is 0 Å². The molecule has 1 aliphatic rings. The highest BCUT2D eigenvalue weighted by Crippen LogP contribution is 2.31. The van der Waals surface area contributed by atoms with Crippen LogP contribution in [0.2, 0.25) is 5.02 Å². The van der Waals surface area contributed by atoms with Crippen LogP contribution in [0.25, 0.3) is 11.1 Å². The molecule has 0 fully saturated rings. The molecule has 1 nitrogen and oxygen atoms in total. The van der Waals surface area contributed by atoms with E-state index in [1.165, 1.54) is 27.8 Å². The molecule has 92 valence electrons. The third-order valence-electron chi connectivity index (χ3n) is 3.49. The Morgan fingerprint density at radius 3 is 2.89 bits per heavy atom. The highest BCUT2D eigenvalue weighted by molar-refractivity contribution is 6.30. The molecule has 0 aromatic heterocycles. The van der Waals surface area contributed by atoms with Gasteiger partial charge in [-0.15, -0.1) is 0 Å². The minimum Gasteiger partial charge on any atom is -0.312 e. The van der Waals surface area contributed by atoms with E-state index >= 15 is 0 Å². The molecular weight excluding hydrogens is 242 g/mol. The maximum absolute atomic E-state index is 6.11. The van der Waals surface area contributed by atoms with Gasteiger partial charge in [0, 0.05) is 11.6 Å². The van der Waals surface area contributed by atoms with Crippen LogP contribution in [0.1, 0.15) is 16.7 Å². The lowest BCUT2D eigenvalue weighted by Crippen LogP contribution is -2.24. The summed E-state index contributed by atoms with van der Waals surface area (Å²) in [6.07, 6.45) is 1.09.